The summed E-state index contributed by atoms with van der Waals surface area (Å²) in [6, 6.07) is 6.84. The molecule has 0 atom stereocenters. The Kier molecular flexibility index (Phi) is 5.39. The molecule has 1 aromatic rings. The van der Waals surface area contributed by atoms with Crippen LogP contribution in [0, 0.1) is 0 Å². The quantitative estimate of drug-likeness (QED) is 0.513. The van der Waals surface area contributed by atoms with Crippen LogP contribution in [-0.4, -0.2) is 12.2 Å². The Balaban J connectivity index is 0. The molecule has 0 spiro atoms. The summed E-state index contributed by atoms with van der Waals surface area (Å²) in [5, 5.41) is 8.99. The average Bonchev–Trinajstić information content (AvgIpc) is 1.89. The number of phenols is 1. The van der Waals surface area contributed by atoms with Gasteiger partial charge in [-0.1, -0.05) is 12.1 Å². The number of para-hydroxylation sites is 2. The van der Waals surface area contributed by atoms with E-state index >= 15 is 0 Å². The number of hydrogen-bond acceptors (Lipinski definition) is 2. The molecule has 0 amide bonds. The zero-order valence-corrected chi connectivity index (χ0v) is 9.29. The molecule has 3 heteroatoms. The number of hydrogen-bond donors (Lipinski definition) is 1. The molecule has 0 bridgehead atoms. The monoisotopic (exact) mass is 164 g/mol. The summed E-state index contributed by atoms with van der Waals surface area (Å²) < 4.78 is 4.79. The second-order valence-electron chi connectivity index (χ2n) is 1.67. The van der Waals surface area contributed by atoms with Crippen LogP contribution in [0.5, 0.6) is 11.5 Å². The Labute approximate surface area is 104 Å². The standard InChI is InChI=1S/C7H8O2.K.H/c1-9-7-5-3-2-4-6(7)8;;/h2-5,8H,1H3;;/q;+1;-1. The molecule has 0 aromatic heterocycles. The van der Waals surface area contributed by atoms with E-state index in [4.69, 9.17) is 9.84 Å². The fourth-order valence-corrected chi connectivity index (χ4v) is 0.630. The topological polar surface area (TPSA) is 29.5 Å². The van der Waals surface area contributed by atoms with Crippen molar-refractivity contribution in [2.75, 3.05) is 7.11 Å². The first-order chi connectivity index (χ1) is 4.34. The van der Waals surface area contributed by atoms with Crippen LogP contribution in [-0.2, 0) is 0 Å². The molecule has 1 aromatic carbocycles. The van der Waals surface area contributed by atoms with E-state index < -0.39 is 0 Å². The summed E-state index contributed by atoms with van der Waals surface area (Å²) in [5.41, 5.74) is 0. The van der Waals surface area contributed by atoms with Crippen molar-refractivity contribution in [1.82, 2.24) is 0 Å². The predicted molar refractivity (Wildman–Crippen MR) is 35.8 cm³/mol. The number of methoxy groups -OCH3 is 1. The summed E-state index contributed by atoms with van der Waals surface area (Å²) in [6.07, 6.45) is 0. The minimum absolute atomic E-state index is 0. The Bertz CT molecular complexity index is 205. The van der Waals surface area contributed by atoms with Gasteiger partial charge in [0, 0.05) is 0 Å². The van der Waals surface area contributed by atoms with Gasteiger partial charge in [0.2, 0.25) is 0 Å². The summed E-state index contributed by atoms with van der Waals surface area (Å²) >= 11 is 0. The second-order valence-corrected chi connectivity index (χ2v) is 1.67. The summed E-state index contributed by atoms with van der Waals surface area (Å²) in [6.45, 7) is 0. The zero-order valence-electron chi connectivity index (χ0n) is 7.16. The van der Waals surface area contributed by atoms with Gasteiger partial charge < -0.3 is 11.3 Å². The first-order valence-corrected chi connectivity index (χ1v) is 2.66. The molecule has 0 radical (unpaired) electrons. The minimum atomic E-state index is 0. The first kappa shape index (κ1) is 10.5. The van der Waals surface area contributed by atoms with Crippen molar-refractivity contribution in [3.8, 4) is 11.5 Å². The maximum Gasteiger partial charge on any atom is 1.00 e. The van der Waals surface area contributed by atoms with Crippen molar-refractivity contribution in [2.45, 2.75) is 0 Å². The van der Waals surface area contributed by atoms with Crippen LogP contribution in [0.15, 0.2) is 24.3 Å². The molecule has 1 N–H and O–H groups in total. The van der Waals surface area contributed by atoms with Gasteiger partial charge >= 0.3 is 51.4 Å². The second kappa shape index (κ2) is 5.15. The van der Waals surface area contributed by atoms with Crippen LogP contribution < -0.4 is 56.1 Å². The van der Waals surface area contributed by atoms with E-state index in [1.54, 1.807) is 24.3 Å². The molecular weight excluding hydrogens is 155 g/mol. The van der Waals surface area contributed by atoms with E-state index in [1.165, 1.54) is 7.11 Å². The molecule has 0 fully saturated rings. The van der Waals surface area contributed by atoms with Crippen LogP contribution >= 0.6 is 0 Å². The van der Waals surface area contributed by atoms with Crippen LogP contribution in [0.4, 0.5) is 0 Å². The SMILES string of the molecule is COc1ccccc1O.[H-].[K+]. The van der Waals surface area contributed by atoms with Gasteiger partial charge in [-0.3, -0.25) is 0 Å². The van der Waals surface area contributed by atoms with Crippen molar-refractivity contribution in [1.29, 1.82) is 0 Å². The van der Waals surface area contributed by atoms with E-state index in [0.717, 1.165) is 0 Å². The van der Waals surface area contributed by atoms with Crippen molar-refractivity contribution < 1.29 is 62.7 Å². The van der Waals surface area contributed by atoms with Crippen LogP contribution in [0.1, 0.15) is 1.43 Å². The third-order valence-corrected chi connectivity index (χ3v) is 1.09. The van der Waals surface area contributed by atoms with Crippen molar-refractivity contribution in [2.24, 2.45) is 0 Å². The summed E-state index contributed by atoms with van der Waals surface area (Å²) in [5.74, 6) is 0.692. The van der Waals surface area contributed by atoms with E-state index in [9.17, 15) is 0 Å². The fraction of sp³-hybridized carbons (Fsp3) is 0.143. The Morgan fingerprint density at radius 3 is 2.40 bits per heavy atom. The molecule has 10 heavy (non-hydrogen) atoms. The van der Waals surface area contributed by atoms with Crippen molar-refractivity contribution in [3.63, 3.8) is 0 Å². The Morgan fingerprint density at radius 2 is 2.00 bits per heavy atom. The maximum absolute atomic E-state index is 8.99. The van der Waals surface area contributed by atoms with Gasteiger partial charge in [0.05, 0.1) is 7.11 Å². The molecule has 0 saturated heterocycles. The Hall–Kier alpha value is 0.456. The van der Waals surface area contributed by atoms with Crippen LogP contribution in [0.2, 0.25) is 0 Å². The fourth-order valence-electron chi connectivity index (χ4n) is 0.630. The van der Waals surface area contributed by atoms with Crippen LogP contribution in [0.3, 0.4) is 0 Å². The zero-order chi connectivity index (χ0) is 6.69. The van der Waals surface area contributed by atoms with Gasteiger partial charge in [0.25, 0.3) is 0 Å². The van der Waals surface area contributed by atoms with Crippen molar-refractivity contribution >= 4 is 0 Å². The smallest absolute Gasteiger partial charge is 1.00 e. The summed E-state index contributed by atoms with van der Waals surface area (Å²) in [7, 11) is 1.52. The predicted octanol–water partition coefficient (Wildman–Crippen LogP) is -1.48. The molecule has 0 saturated carbocycles. The van der Waals surface area contributed by atoms with Crippen LogP contribution in [0.25, 0.3) is 0 Å². The number of benzene rings is 1. The third kappa shape index (κ3) is 2.60. The molecule has 1 rings (SSSR count). The average molecular weight is 164 g/mol. The molecule has 2 nitrogen and oxygen atoms in total. The van der Waals surface area contributed by atoms with Crippen molar-refractivity contribution in [3.05, 3.63) is 24.3 Å². The van der Waals surface area contributed by atoms with Gasteiger partial charge in [-0.05, 0) is 12.1 Å². The van der Waals surface area contributed by atoms with Gasteiger partial charge in [-0.15, -0.1) is 0 Å². The first-order valence-electron chi connectivity index (χ1n) is 2.66. The molecule has 0 aliphatic rings. The molecular formula is C7H9KO2. The molecule has 0 unspecified atom stereocenters. The Morgan fingerprint density at radius 1 is 1.40 bits per heavy atom. The number of aromatic hydroxyl groups is 1. The number of ether oxygens (including phenoxy) is 1. The maximum atomic E-state index is 8.99. The van der Waals surface area contributed by atoms with Gasteiger partial charge in [-0.25, -0.2) is 0 Å². The molecule has 0 aliphatic heterocycles. The summed E-state index contributed by atoms with van der Waals surface area (Å²) in [4.78, 5) is 0. The molecule has 0 heterocycles. The van der Waals surface area contributed by atoms with E-state index in [0.29, 0.717) is 5.75 Å². The molecule has 50 valence electrons. The largest absolute Gasteiger partial charge is 1.00 e. The van der Waals surface area contributed by atoms with E-state index in [-0.39, 0.29) is 58.6 Å². The van der Waals surface area contributed by atoms with E-state index in [2.05, 4.69) is 0 Å². The van der Waals surface area contributed by atoms with Gasteiger partial charge in [-0.2, -0.15) is 0 Å². The molecule has 0 aliphatic carbocycles. The number of phenolic OH excluding ortho intramolecular Hbond substituents is 1. The number of rotatable bonds is 1. The minimum Gasteiger partial charge on any atom is -1.00 e. The van der Waals surface area contributed by atoms with E-state index in [1.807, 2.05) is 0 Å². The normalized spacial score (nSPS) is 8.10. The van der Waals surface area contributed by atoms with Gasteiger partial charge in [0.1, 0.15) is 0 Å². The third-order valence-electron chi connectivity index (χ3n) is 1.09. The van der Waals surface area contributed by atoms with Gasteiger partial charge in [0.15, 0.2) is 11.5 Å².